The van der Waals surface area contributed by atoms with Gasteiger partial charge in [0.2, 0.25) is 5.76 Å². The normalized spacial score (nSPS) is 22.3. The van der Waals surface area contributed by atoms with Crippen molar-refractivity contribution in [3.63, 3.8) is 0 Å². The third-order valence-electron chi connectivity index (χ3n) is 4.29. The molecule has 4 heterocycles. The smallest absolute Gasteiger partial charge is 0.368 e. The second-order valence-corrected chi connectivity index (χ2v) is 6.98. The van der Waals surface area contributed by atoms with Gasteiger partial charge in [-0.2, -0.15) is 13.2 Å². The number of nitrogens with zero attached hydrogens (tertiary/aromatic N) is 2. The van der Waals surface area contributed by atoms with Gasteiger partial charge in [-0.05, 0) is 25.5 Å². The van der Waals surface area contributed by atoms with E-state index >= 15 is 0 Å². The number of fused-ring (bicyclic) bond motifs is 1. The lowest BCUT2D eigenvalue weighted by atomic mass is 10.1. The number of ether oxygens (including phenoxy) is 1. The van der Waals surface area contributed by atoms with Crippen molar-refractivity contribution in [3.05, 3.63) is 28.3 Å². The predicted molar refractivity (Wildman–Crippen MR) is 85.5 cm³/mol. The number of carbonyl (C=O) groups is 1. The van der Waals surface area contributed by atoms with Crippen molar-refractivity contribution in [2.45, 2.75) is 39.2 Å². The maximum absolute atomic E-state index is 12.8. The van der Waals surface area contributed by atoms with Crippen LogP contribution in [0.25, 0.3) is 10.6 Å². The fourth-order valence-corrected chi connectivity index (χ4v) is 3.95. The lowest BCUT2D eigenvalue weighted by molar-refractivity contribution is -0.156. The van der Waals surface area contributed by atoms with Crippen LogP contribution in [0.5, 0.6) is 0 Å². The second-order valence-electron chi connectivity index (χ2n) is 5.90. The van der Waals surface area contributed by atoms with Gasteiger partial charge in [-0.3, -0.25) is 4.79 Å². The molecule has 2 aliphatic rings. The first kappa shape index (κ1) is 17.9. The van der Waals surface area contributed by atoms with E-state index in [1.165, 1.54) is 6.92 Å². The minimum atomic E-state index is -4.58. The fourth-order valence-electron chi connectivity index (χ4n) is 2.94. The van der Waals surface area contributed by atoms with E-state index in [9.17, 15) is 18.0 Å². The number of halogens is 3. The summed E-state index contributed by atoms with van der Waals surface area (Å²) in [6, 6.07) is 3.22. The van der Waals surface area contributed by atoms with Gasteiger partial charge in [0.25, 0.3) is 5.91 Å². The van der Waals surface area contributed by atoms with E-state index in [1.54, 1.807) is 17.0 Å². The summed E-state index contributed by atoms with van der Waals surface area (Å²) >= 11 is 1.12. The molecule has 2 aromatic rings. The molecule has 0 N–H and O–H groups in total. The molecule has 2 fully saturated rings. The summed E-state index contributed by atoms with van der Waals surface area (Å²) in [6.45, 7) is 2.51. The molecular formula is C16H17F3N2O3S. The fraction of sp³-hybridized carbons (Fsp3) is 0.500. The van der Waals surface area contributed by atoms with Crippen molar-refractivity contribution in [1.82, 2.24) is 10.1 Å². The maximum atomic E-state index is 12.8. The molecule has 2 atom stereocenters. The van der Waals surface area contributed by atoms with Gasteiger partial charge in [0, 0.05) is 18.7 Å². The largest absolute Gasteiger partial charge is 0.452 e. The summed E-state index contributed by atoms with van der Waals surface area (Å²) in [5.41, 5.74) is 0.0474. The zero-order valence-corrected chi connectivity index (χ0v) is 13.4. The van der Waals surface area contributed by atoms with Crippen LogP contribution in [0.15, 0.2) is 16.7 Å². The van der Waals surface area contributed by atoms with Gasteiger partial charge in [0.05, 0.1) is 15.9 Å². The van der Waals surface area contributed by atoms with Crippen LogP contribution in [-0.2, 0) is 10.9 Å². The average molecular weight is 374 g/mol. The maximum Gasteiger partial charge on any atom is 0.452 e. The minimum absolute atomic E-state index is 0. The van der Waals surface area contributed by atoms with Gasteiger partial charge < -0.3 is 14.2 Å². The van der Waals surface area contributed by atoms with Crippen molar-refractivity contribution in [2.24, 2.45) is 0 Å². The highest BCUT2D eigenvalue weighted by Crippen LogP contribution is 2.38. The number of likely N-dealkylation sites (tertiary alicyclic amines) is 1. The van der Waals surface area contributed by atoms with E-state index < -0.39 is 11.9 Å². The van der Waals surface area contributed by atoms with Crippen LogP contribution in [0.3, 0.4) is 0 Å². The Morgan fingerprint density at radius 1 is 1.36 bits per heavy atom. The first-order valence-electron chi connectivity index (χ1n) is 7.43. The van der Waals surface area contributed by atoms with Gasteiger partial charge in [-0.25, -0.2) is 0 Å². The van der Waals surface area contributed by atoms with Gasteiger partial charge in [-0.15, -0.1) is 11.3 Å². The van der Waals surface area contributed by atoms with Crippen LogP contribution < -0.4 is 0 Å². The lowest BCUT2D eigenvalue weighted by Gasteiger charge is -2.23. The number of thiophene rings is 1. The molecule has 2 unspecified atom stereocenters. The Hall–Kier alpha value is -1.87. The van der Waals surface area contributed by atoms with E-state index in [0.29, 0.717) is 22.8 Å². The van der Waals surface area contributed by atoms with Gasteiger partial charge in [0.15, 0.2) is 0 Å². The summed E-state index contributed by atoms with van der Waals surface area (Å²) in [4.78, 5) is 15.2. The molecule has 0 spiro atoms. The molecule has 9 heteroatoms. The summed E-state index contributed by atoms with van der Waals surface area (Å²) in [5.74, 6) is -1.23. The number of amides is 1. The van der Waals surface area contributed by atoms with Crippen molar-refractivity contribution in [1.29, 1.82) is 0 Å². The zero-order valence-electron chi connectivity index (χ0n) is 12.6. The molecular weight excluding hydrogens is 357 g/mol. The monoisotopic (exact) mass is 374 g/mol. The number of piperidine rings is 1. The Labute approximate surface area is 146 Å². The molecule has 5 nitrogen and oxygen atoms in total. The molecule has 0 radical (unpaired) electrons. The van der Waals surface area contributed by atoms with E-state index in [4.69, 9.17) is 4.74 Å². The Morgan fingerprint density at radius 2 is 2.12 bits per heavy atom. The molecule has 0 bridgehead atoms. The van der Waals surface area contributed by atoms with Gasteiger partial charge in [0.1, 0.15) is 11.8 Å². The molecule has 1 amide bonds. The molecule has 136 valence electrons. The highest BCUT2D eigenvalue weighted by Gasteiger charge is 2.44. The Morgan fingerprint density at radius 3 is 2.76 bits per heavy atom. The Balaban J connectivity index is 0.00000182. The van der Waals surface area contributed by atoms with Crippen LogP contribution >= 0.6 is 11.3 Å². The van der Waals surface area contributed by atoms with Crippen molar-refractivity contribution in [2.75, 3.05) is 13.1 Å². The van der Waals surface area contributed by atoms with E-state index in [2.05, 4.69) is 9.68 Å². The van der Waals surface area contributed by atoms with E-state index in [0.717, 1.165) is 17.8 Å². The number of aromatic nitrogens is 1. The standard InChI is InChI=1S/C15H13F3N2O3S.CH4/c1-7-12(19-23-13(7)15(16,17)18)10-2-3-11(24-10)14(21)20-5-4-8-9(6-20)22-8;/h2-3,8-9H,4-6H2,1H3;1H4. The topological polar surface area (TPSA) is 58.9 Å². The third-order valence-corrected chi connectivity index (χ3v) is 5.37. The van der Waals surface area contributed by atoms with Crippen LogP contribution in [0.1, 0.15) is 34.8 Å². The molecule has 0 aromatic carbocycles. The predicted octanol–water partition coefficient (Wildman–Crippen LogP) is 3.98. The average Bonchev–Trinajstić information content (AvgIpc) is 2.93. The molecule has 2 aromatic heterocycles. The van der Waals surface area contributed by atoms with Crippen LogP contribution in [-0.4, -0.2) is 41.3 Å². The summed E-state index contributed by atoms with van der Waals surface area (Å²) < 4.78 is 48.2. The molecule has 25 heavy (non-hydrogen) atoms. The van der Waals surface area contributed by atoms with E-state index in [1.807, 2.05) is 0 Å². The van der Waals surface area contributed by atoms with Gasteiger partial charge in [-0.1, -0.05) is 12.6 Å². The van der Waals surface area contributed by atoms with Crippen molar-refractivity contribution >= 4 is 17.2 Å². The summed E-state index contributed by atoms with van der Waals surface area (Å²) in [6.07, 6.45) is -3.34. The lowest BCUT2D eigenvalue weighted by Crippen LogP contribution is -2.38. The second kappa shape index (κ2) is 6.14. The molecule has 0 aliphatic carbocycles. The minimum Gasteiger partial charge on any atom is -0.368 e. The molecule has 0 saturated carbocycles. The molecule has 2 saturated heterocycles. The van der Waals surface area contributed by atoms with Crippen molar-refractivity contribution < 1.29 is 27.2 Å². The Bertz CT molecular complexity index is 799. The van der Waals surface area contributed by atoms with Gasteiger partial charge >= 0.3 is 6.18 Å². The number of hydrogen-bond donors (Lipinski definition) is 0. The number of hydrogen-bond acceptors (Lipinski definition) is 5. The highest BCUT2D eigenvalue weighted by atomic mass is 32.1. The summed E-state index contributed by atoms with van der Waals surface area (Å²) in [7, 11) is 0. The van der Waals surface area contributed by atoms with Crippen LogP contribution in [0.2, 0.25) is 0 Å². The van der Waals surface area contributed by atoms with Crippen molar-refractivity contribution in [3.8, 4) is 10.6 Å². The number of carbonyl (C=O) groups excluding carboxylic acids is 1. The molecule has 2 aliphatic heterocycles. The highest BCUT2D eigenvalue weighted by molar-refractivity contribution is 7.17. The SMILES string of the molecule is C.Cc1c(-c2ccc(C(=O)N3CCC4OC4C3)s2)noc1C(F)(F)F. The Kier molecular flexibility index (Phi) is 4.40. The van der Waals surface area contributed by atoms with Crippen LogP contribution in [0.4, 0.5) is 13.2 Å². The number of alkyl halides is 3. The number of epoxide rings is 1. The quantitative estimate of drug-likeness (QED) is 0.746. The first-order chi connectivity index (χ1) is 11.3. The third kappa shape index (κ3) is 3.18. The number of rotatable bonds is 2. The van der Waals surface area contributed by atoms with Crippen LogP contribution in [0, 0.1) is 6.92 Å². The first-order valence-corrected chi connectivity index (χ1v) is 8.24. The zero-order chi connectivity index (χ0) is 17.1. The summed E-state index contributed by atoms with van der Waals surface area (Å²) in [5, 5.41) is 3.53. The molecule has 4 rings (SSSR count). The van der Waals surface area contributed by atoms with E-state index in [-0.39, 0.29) is 36.8 Å².